The van der Waals surface area contributed by atoms with Gasteiger partial charge in [0.2, 0.25) is 0 Å². The number of aliphatic hydroxyl groups is 1. The minimum Gasteiger partial charge on any atom is -0.463 e. The molecule has 0 bridgehead atoms. The van der Waals surface area contributed by atoms with Gasteiger partial charge < -0.3 is 9.84 Å². The van der Waals surface area contributed by atoms with Crippen molar-refractivity contribution >= 4 is 12.0 Å². The van der Waals surface area contributed by atoms with Crippen molar-refractivity contribution in [2.45, 2.75) is 20.0 Å². The third kappa shape index (κ3) is 6.02. The Morgan fingerprint density at radius 1 is 1.32 bits per heavy atom. The Morgan fingerprint density at radius 3 is 2.63 bits per heavy atom. The van der Waals surface area contributed by atoms with E-state index in [1.807, 2.05) is 43.3 Å². The second kappa shape index (κ2) is 8.27. The highest BCUT2D eigenvalue weighted by Gasteiger charge is 2.08. The molecule has 1 rings (SSSR count). The fraction of sp³-hybridized carbons (Fsp3) is 0.312. The number of carbonyl (C=O) groups excluding carboxylic acids is 1. The average molecular weight is 260 g/mol. The summed E-state index contributed by atoms with van der Waals surface area (Å²) in [6.45, 7) is 3.95. The molecule has 0 unspecified atom stereocenters. The van der Waals surface area contributed by atoms with Crippen LogP contribution < -0.4 is 0 Å². The van der Waals surface area contributed by atoms with Crippen molar-refractivity contribution in [2.75, 3.05) is 6.61 Å². The van der Waals surface area contributed by atoms with Crippen LogP contribution in [0.4, 0.5) is 0 Å². The summed E-state index contributed by atoms with van der Waals surface area (Å²) in [5.41, 5.74) is 1.03. The van der Waals surface area contributed by atoms with E-state index in [9.17, 15) is 9.90 Å². The molecule has 1 aromatic carbocycles. The molecule has 0 fully saturated rings. The van der Waals surface area contributed by atoms with Crippen molar-refractivity contribution in [1.82, 2.24) is 0 Å². The summed E-state index contributed by atoms with van der Waals surface area (Å²) in [6.07, 6.45) is 5.95. The zero-order valence-corrected chi connectivity index (χ0v) is 11.3. The van der Waals surface area contributed by atoms with Gasteiger partial charge in [-0.25, -0.2) is 4.79 Å². The lowest BCUT2D eigenvalue weighted by atomic mass is 10.0. The van der Waals surface area contributed by atoms with Gasteiger partial charge in [0.15, 0.2) is 0 Å². The number of benzene rings is 1. The van der Waals surface area contributed by atoms with Gasteiger partial charge in [0.25, 0.3) is 0 Å². The van der Waals surface area contributed by atoms with Gasteiger partial charge in [-0.1, -0.05) is 55.5 Å². The third-order valence-corrected chi connectivity index (χ3v) is 2.65. The molecule has 0 amide bonds. The zero-order chi connectivity index (χ0) is 14.1. The first-order valence-corrected chi connectivity index (χ1v) is 6.39. The van der Waals surface area contributed by atoms with E-state index >= 15 is 0 Å². The van der Waals surface area contributed by atoms with Gasteiger partial charge in [-0.2, -0.15) is 0 Å². The second-order valence-corrected chi connectivity index (χ2v) is 4.23. The zero-order valence-electron chi connectivity index (χ0n) is 11.3. The number of hydrogen-bond acceptors (Lipinski definition) is 3. The third-order valence-electron chi connectivity index (χ3n) is 2.65. The number of hydrogen-bond donors (Lipinski definition) is 1. The van der Waals surface area contributed by atoms with E-state index in [0.29, 0.717) is 6.61 Å². The molecule has 1 N–H and O–H groups in total. The van der Waals surface area contributed by atoms with Crippen LogP contribution in [0.3, 0.4) is 0 Å². The summed E-state index contributed by atoms with van der Waals surface area (Å²) in [4.78, 5) is 11.1. The summed E-state index contributed by atoms with van der Waals surface area (Å²) in [7, 11) is 0. The Kier molecular flexibility index (Phi) is 6.61. The molecule has 0 radical (unpaired) electrons. The van der Waals surface area contributed by atoms with Gasteiger partial charge in [-0.15, -0.1) is 0 Å². The predicted molar refractivity (Wildman–Crippen MR) is 76.4 cm³/mol. The van der Waals surface area contributed by atoms with Crippen LogP contribution in [0.1, 0.15) is 19.4 Å². The highest BCUT2D eigenvalue weighted by atomic mass is 16.5. The van der Waals surface area contributed by atoms with Crippen molar-refractivity contribution in [3.05, 3.63) is 54.1 Å². The first-order chi connectivity index (χ1) is 9.13. The van der Waals surface area contributed by atoms with Crippen LogP contribution >= 0.6 is 0 Å². The lowest BCUT2D eigenvalue weighted by molar-refractivity contribution is -0.137. The van der Waals surface area contributed by atoms with Gasteiger partial charge in [0.1, 0.15) is 0 Å². The maximum atomic E-state index is 11.1. The first-order valence-electron chi connectivity index (χ1n) is 6.39. The number of ether oxygens (including phenoxy) is 1. The van der Waals surface area contributed by atoms with Crippen LogP contribution in [0, 0.1) is 5.92 Å². The maximum Gasteiger partial charge on any atom is 0.330 e. The van der Waals surface area contributed by atoms with E-state index in [-0.39, 0.29) is 11.9 Å². The largest absolute Gasteiger partial charge is 0.463 e. The number of aliphatic hydroxyl groups excluding tert-OH is 1. The minimum absolute atomic E-state index is 0.149. The fourth-order valence-electron chi connectivity index (χ4n) is 1.48. The topological polar surface area (TPSA) is 46.5 Å². The van der Waals surface area contributed by atoms with Gasteiger partial charge in [0.05, 0.1) is 12.7 Å². The van der Waals surface area contributed by atoms with E-state index in [0.717, 1.165) is 5.56 Å². The quantitative estimate of drug-likeness (QED) is 0.632. The standard InChI is InChI=1S/C16H20O3/c1-3-19-16(18)12-9-13(2)15(17)11-10-14-7-5-4-6-8-14/h4-13,15,17H,3H2,1-2H3/b11-10+,12-9+/t13-,15-/m0/s1. The van der Waals surface area contributed by atoms with Crippen LogP contribution in [-0.2, 0) is 9.53 Å². The smallest absolute Gasteiger partial charge is 0.330 e. The molecule has 0 aromatic heterocycles. The number of rotatable bonds is 6. The monoisotopic (exact) mass is 260 g/mol. The summed E-state index contributed by atoms with van der Waals surface area (Å²) in [5.74, 6) is -0.530. The Bertz CT molecular complexity index is 435. The molecule has 0 aliphatic carbocycles. The highest BCUT2D eigenvalue weighted by Crippen LogP contribution is 2.09. The molecule has 19 heavy (non-hydrogen) atoms. The van der Waals surface area contributed by atoms with Crippen molar-refractivity contribution < 1.29 is 14.6 Å². The van der Waals surface area contributed by atoms with Crippen LogP contribution in [-0.4, -0.2) is 23.8 Å². The van der Waals surface area contributed by atoms with Gasteiger partial charge in [-0.05, 0) is 12.5 Å². The average Bonchev–Trinajstić information content (AvgIpc) is 2.43. The van der Waals surface area contributed by atoms with E-state index in [4.69, 9.17) is 4.74 Å². The summed E-state index contributed by atoms with van der Waals surface area (Å²) >= 11 is 0. The maximum absolute atomic E-state index is 11.1. The van der Waals surface area contributed by atoms with Crippen molar-refractivity contribution in [1.29, 1.82) is 0 Å². The lowest BCUT2D eigenvalue weighted by Gasteiger charge is -2.10. The van der Waals surface area contributed by atoms with Crippen LogP contribution in [0.2, 0.25) is 0 Å². The molecule has 2 atom stereocenters. The molecule has 0 spiro atoms. The van der Waals surface area contributed by atoms with Gasteiger partial charge in [0, 0.05) is 12.0 Å². The molecule has 0 saturated carbocycles. The molecular weight excluding hydrogens is 240 g/mol. The predicted octanol–water partition coefficient (Wildman–Crippen LogP) is 2.82. The molecule has 0 heterocycles. The fourth-order valence-corrected chi connectivity index (χ4v) is 1.48. The Hall–Kier alpha value is -1.87. The summed E-state index contributed by atoms with van der Waals surface area (Å²) in [6, 6.07) is 9.75. The van der Waals surface area contributed by atoms with Crippen LogP contribution in [0.5, 0.6) is 0 Å². The number of esters is 1. The van der Waals surface area contributed by atoms with Crippen molar-refractivity contribution in [2.24, 2.45) is 5.92 Å². The van der Waals surface area contributed by atoms with Gasteiger partial charge >= 0.3 is 5.97 Å². The van der Waals surface area contributed by atoms with Crippen LogP contribution in [0.15, 0.2) is 48.6 Å². The summed E-state index contributed by atoms with van der Waals surface area (Å²) in [5, 5.41) is 9.93. The van der Waals surface area contributed by atoms with E-state index in [2.05, 4.69) is 0 Å². The second-order valence-electron chi connectivity index (χ2n) is 4.23. The molecule has 102 valence electrons. The Morgan fingerprint density at radius 2 is 2.00 bits per heavy atom. The lowest BCUT2D eigenvalue weighted by Crippen LogP contribution is -2.13. The number of carbonyl (C=O) groups is 1. The normalized spacial score (nSPS) is 14.7. The first kappa shape index (κ1) is 15.2. The van der Waals surface area contributed by atoms with E-state index in [1.54, 1.807) is 19.1 Å². The highest BCUT2D eigenvalue weighted by molar-refractivity contribution is 5.81. The molecule has 0 saturated heterocycles. The minimum atomic E-state index is -0.633. The molecular formula is C16H20O3. The van der Waals surface area contributed by atoms with Crippen molar-refractivity contribution in [3.8, 4) is 0 Å². The molecule has 0 aliphatic heterocycles. The molecule has 1 aromatic rings. The Balaban J connectivity index is 2.51. The van der Waals surface area contributed by atoms with Crippen LogP contribution in [0.25, 0.3) is 6.08 Å². The Labute approximate surface area is 114 Å². The van der Waals surface area contributed by atoms with Crippen molar-refractivity contribution in [3.63, 3.8) is 0 Å². The SMILES string of the molecule is CCOC(=O)/C=C/[C@H](C)[C@@H](O)/C=C/c1ccccc1. The molecule has 0 aliphatic rings. The van der Waals surface area contributed by atoms with E-state index < -0.39 is 6.10 Å². The summed E-state index contributed by atoms with van der Waals surface area (Å²) < 4.78 is 4.78. The van der Waals surface area contributed by atoms with Gasteiger partial charge in [-0.3, -0.25) is 0 Å². The van der Waals surface area contributed by atoms with E-state index in [1.165, 1.54) is 6.08 Å². The molecule has 3 nitrogen and oxygen atoms in total. The molecule has 3 heteroatoms.